The van der Waals surface area contributed by atoms with Crippen molar-refractivity contribution in [2.75, 3.05) is 5.32 Å². The van der Waals surface area contributed by atoms with E-state index in [1.54, 1.807) is 31.2 Å². The summed E-state index contributed by atoms with van der Waals surface area (Å²) in [4.78, 5) is 34.9. The molecule has 26 heavy (non-hydrogen) atoms. The number of hydrogen-bond acceptors (Lipinski definition) is 4. The van der Waals surface area contributed by atoms with Crippen molar-refractivity contribution in [1.29, 1.82) is 0 Å². The summed E-state index contributed by atoms with van der Waals surface area (Å²) in [6.45, 7) is 7.28. The Morgan fingerprint density at radius 3 is 2.08 bits per heavy atom. The molecule has 2 rings (SSSR count). The van der Waals surface area contributed by atoms with E-state index >= 15 is 0 Å². The van der Waals surface area contributed by atoms with Crippen LogP contribution >= 0.6 is 0 Å². The monoisotopic (exact) mass is 355 g/mol. The molecule has 0 atom stereocenters. The quantitative estimate of drug-likeness (QED) is 0.645. The lowest BCUT2D eigenvalue weighted by atomic mass is 10.1. The molecule has 2 aromatic rings. The third-order valence-corrected chi connectivity index (χ3v) is 3.56. The number of anilines is 1. The highest BCUT2D eigenvalue weighted by Crippen LogP contribution is 2.20. The molecule has 0 unspecified atom stereocenters. The van der Waals surface area contributed by atoms with Crippen molar-refractivity contribution in [2.45, 2.75) is 33.2 Å². The van der Waals surface area contributed by atoms with Gasteiger partial charge in [-0.2, -0.15) is 0 Å². The van der Waals surface area contributed by atoms with Gasteiger partial charge in [0.15, 0.2) is 0 Å². The maximum Gasteiger partial charge on any atom is 0.273 e. The van der Waals surface area contributed by atoms with Crippen molar-refractivity contribution in [2.24, 2.45) is 0 Å². The first-order valence-electron chi connectivity index (χ1n) is 8.06. The van der Waals surface area contributed by atoms with Crippen LogP contribution in [0.25, 0.3) is 0 Å². The maximum atomic E-state index is 12.3. The summed E-state index contributed by atoms with van der Waals surface area (Å²) in [5.41, 5.74) is 1.20. The SMILES string of the molecule is Cc1ccc(C(=O)Nc2ccc(C(=O)NC(C)(C)C)cc2)cc1[N+](=O)[O-]. The fourth-order valence-corrected chi connectivity index (χ4v) is 2.27. The third-order valence-electron chi connectivity index (χ3n) is 3.56. The summed E-state index contributed by atoms with van der Waals surface area (Å²) in [7, 11) is 0. The highest BCUT2D eigenvalue weighted by molar-refractivity contribution is 6.05. The molecule has 0 aliphatic rings. The minimum absolute atomic E-state index is 0.105. The molecule has 0 radical (unpaired) electrons. The lowest BCUT2D eigenvalue weighted by molar-refractivity contribution is -0.385. The first-order valence-corrected chi connectivity index (χ1v) is 8.06. The van der Waals surface area contributed by atoms with Gasteiger partial charge in [0, 0.05) is 34.0 Å². The number of nitrogens with one attached hydrogen (secondary N) is 2. The second-order valence-corrected chi connectivity index (χ2v) is 6.99. The molecule has 0 heterocycles. The van der Waals surface area contributed by atoms with Crippen LogP contribution in [0.2, 0.25) is 0 Å². The van der Waals surface area contributed by atoms with Crippen molar-refractivity contribution in [3.63, 3.8) is 0 Å². The van der Waals surface area contributed by atoms with Gasteiger partial charge < -0.3 is 10.6 Å². The number of aryl methyl sites for hydroxylation is 1. The van der Waals surface area contributed by atoms with Crippen LogP contribution in [0.3, 0.4) is 0 Å². The molecule has 0 spiro atoms. The predicted octanol–water partition coefficient (Wildman–Crippen LogP) is 3.68. The zero-order chi connectivity index (χ0) is 19.5. The Bertz CT molecular complexity index is 852. The first-order chi connectivity index (χ1) is 12.1. The van der Waals surface area contributed by atoms with Crippen molar-refractivity contribution in [3.8, 4) is 0 Å². The van der Waals surface area contributed by atoms with Gasteiger partial charge >= 0.3 is 0 Å². The molecule has 0 saturated heterocycles. The zero-order valence-corrected chi connectivity index (χ0v) is 15.1. The molecule has 0 saturated carbocycles. The van der Waals surface area contributed by atoms with E-state index in [1.807, 2.05) is 20.8 Å². The standard InChI is InChI=1S/C19H21N3O4/c1-12-5-6-14(11-16(12)22(25)26)17(23)20-15-9-7-13(8-10-15)18(24)21-19(2,3)4/h5-11H,1-4H3,(H,20,23)(H,21,24). The molecule has 0 aliphatic carbocycles. The average molecular weight is 355 g/mol. The number of carbonyl (C=O) groups excluding carboxylic acids is 2. The predicted molar refractivity (Wildman–Crippen MR) is 99.4 cm³/mol. The Balaban J connectivity index is 2.12. The summed E-state index contributed by atoms with van der Waals surface area (Å²) in [5, 5.41) is 16.5. The van der Waals surface area contributed by atoms with Gasteiger partial charge in [-0.15, -0.1) is 0 Å². The smallest absolute Gasteiger partial charge is 0.273 e. The first kappa shape index (κ1) is 19.1. The molecule has 0 aromatic heterocycles. The second-order valence-electron chi connectivity index (χ2n) is 6.99. The van der Waals surface area contributed by atoms with Crippen molar-refractivity contribution in [1.82, 2.24) is 5.32 Å². The van der Waals surface area contributed by atoms with E-state index in [9.17, 15) is 19.7 Å². The Morgan fingerprint density at radius 1 is 0.962 bits per heavy atom. The number of nitro groups is 1. The van der Waals surface area contributed by atoms with Crippen molar-refractivity contribution < 1.29 is 14.5 Å². The van der Waals surface area contributed by atoms with Crippen LogP contribution in [-0.4, -0.2) is 22.3 Å². The summed E-state index contributed by atoms with van der Waals surface area (Å²) >= 11 is 0. The van der Waals surface area contributed by atoms with Gasteiger partial charge in [-0.3, -0.25) is 19.7 Å². The van der Waals surface area contributed by atoms with Gasteiger partial charge in [0.25, 0.3) is 17.5 Å². The number of rotatable bonds is 4. The number of carbonyl (C=O) groups is 2. The molecule has 7 heteroatoms. The van der Waals surface area contributed by atoms with Crippen LogP contribution in [0.1, 0.15) is 47.1 Å². The molecule has 2 aromatic carbocycles. The Morgan fingerprint density at radius 2 is 1.54 bits per heavy atom. The van der Waals surface area contributed by atoms with E-state index < -0.39 is 10.8 Å². The average Bonchev–Trinajstić information content (AvgIpc) is 2.54. The van der Waals surface area contributed by atoms with Gasteiger partial charge in [0.05, 0.1) is 4.92 Å². The second kappa shape index (κ2) is 7.35. The lowest BCUT2D eigenvalue weighted by Gasteiger charge is -2.20. The summed E-state index contributed by atoms with van der Waals surface area (Å²) < 4.78 is 0. The van der Waals surface area contributed by atoms with E-state index in [1.165, 1.54) is 18.2 Å². The Labute approximate surface area is 151 Å². The van der Waals surface area contributed by atoms with Gasteiger partial charge in [0.2, 0.25) is 0 Å². The topological polar surface area (TPSA) is 101 Å². The molecular formula is C19H21N3O4. The van der Waals surface area contributed by atoms with Gasteiger partial charge in [-0.25, -0.2) is 0 Å². The fourth-order valence-electron chi connectivity index (χ4n) is 2.27. The van der Waals surface area contributed by atoms with Gasteiger partial charge in [-0.05, 0) is 58.0 Å². The molecular weight excluding hydrogens is 334 g/mol. The summed E-state index contributed by atoms with van der Waals surface area (Å²) in [5.74, 6) is -0.662. The Kier molecular flexibility index (Phi) is 5.40. The summed E-state index contributed by atoms with van der Waals surface area (Å²) in [6, 6.07) is 10.7. The molecule has 2 amide bonds. The van der Waals surface area contributed by atoms with Crippen LogP contribution < -0.4 is 10.6 Å². The fraction of sp³-hybridized carbons (Fsp3) is 0.263. The molecule has 2 N–H and O–H groups in total. The summed E-state index contributed by atoms with van der Waals surface area (Å²) in [6.07, 6.45) is 0. The minimum Gasteiger partial charge on any atom is -0.347 e. The van der Waals surface area contributed by atoms with Crippen molar-refractivity contribution in [3.05, 3.63) is 69.3 Å². The number of amides is 2. The molecule has 0 bridgehead atoms. The minimum atomic E-state index is -0.519. The third kappa shape index (κ3) is 4.89. The largest absolute Gasteiger partial charge is 0.347 e. The van der Waals surface area contributed by atoms with Crippen LogP contribution in [0.5, 0.6) is 0 Å². The van der Waals surface area contributed by atoms with Crippen LogP contribution in [0, 0.1) is 17.0 Å². The molecule has 136 valence electrons. The highest BCUT2D eigenvalue weighted by Gasteiger charge is 2.17. The Hall–Kier alpha value is -3.22. The van der Waals surface area contributed by atoms with E-state index in [4.69, 9.17) is 0 Å². The lowest BCUT2D eigenvalue weighted by Crippen LogP contribution is -2.40. The van der Waals surface area contributed by atoms with Crippen LogP contribution in [-0.2, 0) is 0 Å². The normalized spacial score (nSPS) is 10.9. The van der Waals surface area contributed by atoms with E-state index in [0.29, 0.717) is 16.8 Å². The number of nitro benzene ring substituents is 1. The van der Waals surface area contributed by atoms with E-state index in [-0.39, 0.29) is 22.7 Å². The van der Waals surface area contributed by atoms with Crippen LogP contribution in [0.4, 0.5) is 11.4 Å². The molecule has 0 aliphatic heterocycles. The maximum absolute atomic E-state index is 12.3. The van der Waals surface area contributed by atoms with Crippen LogP contribution in [0.15, 0.2) is 42.5 Å². The number of nitrogens with zero attached hydrogens (tertiary/aromatic N) is 1. The number of benzene rings is 2. The number of hydrogen-bond donors (Lipinski definition) is 2. The highest BCUT2D eigenvalue weighted by atomic mass is 16.6. The van der Waals surface area contributed by atoms with Gasteiger partial charge in [0.1, 0.15) is 0 Å². The van der Waals surface area contributed by atoms with E-state index in [0.717, 1.165) is 0 Å². The zero-order valence-electron chi connectivity index (χ0n) is 15.1. The van der Waals surface area contributed by atoms with Crippen molar-refractivity contribution >= 4 is 23.2 Å². The molecule has 0 fully saturated rings. The van der Waals surface area contributed by atoms with Gasteiger partial charge in [-0.1, -0.05) is 6.07 Å². The van der Waals surface area contributed by atoms with E-state index in [2.05, 4.69) is 10.6 Å². The molecule has 7 nitrogen and oxygen atoms in total.